The van der Waals surface area contributed by atoms with E-state index in [-0.39, 0.29) is 5.78 Å². The van der Waals surface area contributed by atoms with Crippen molar-refractivity contribution in [1.29, 1.82) is 0 Å². The highest BCUT2D eigenvalue weighted by atomic mass is 32.1. The van der Waals surface area contributed by atoms with Gasteiger partial charge in [0, 0.05) is 30.9 Å². The Hall–Kier alpha value is -1.88. The first kappa shape index (κ1) is 14.1. The summed E-state index contributed by atoms with van der Waals surface area (Å²) in [6.45, 7) is 2.58. The summed E-state index contributed by atoms with van der Waals surface area (Å²) < 4.78 is 0. The molecule has 3 rings (SSSR count). The molecule has 0 saturated heterocycles. The Morgan fingerprint density at radius 2 is 2.33 bits per heavy atom. The zero-order valence-corrected chi connectivity index (χ0v) is 12.9. The quantitative estimate of drug-likeness (QED) is 0.796. The highest BCUT2D eigenvalue weighted by molar-refractivity contribution is 7.18. The van der Waals surface area contributed by atoms with Gasteiger partial charge in [0.2, 0.25) is 0 Å². The van der Waals surface area contributed by atoms with Gasteiger partial charge in [-0.05, 0) is 30.4 Å². The SMILES string of the molecule is CCC(=O)c1sc(NCc2cccnc2)c(C2CC2)c1N. The number of aromatic nitrogens is 1. The van der Waals surface area contributed by atoms with E-state index in [2.05, 4.69) is 10.3 Å². The van der Waals surface area contributed by atoms with Crippen LogP contribution in [0.5, 0.6) is 0 Å². The average Bonchev–Trinajstić information content (AvgIpc) is 3.29. The van der Waals surface area contributed by atoms with Gasteiger partial charge >= 0.3 is 0 Å². The predicted octanol–water partition coefficient (Wildman–Crippen LogP) is 3.81. The molecule has 21 heavy (non-hydrogen) atoms. The van der Waals surface area contributed by atoms with E-state index in [0.717, 1.165) is 16.1 Å². The Morgan fingerprint density at radius 3 is 2.95 bits per heavy atom. The zero-order valence-electron chi connectivity index (χ0n) is 12.1. The molecule has 0 atom stereocenters. The fourth-order valence-corrected chi connectivity index (χ4v) is 3.63. The molecule has 110 valence electrons. The molecule has 2 aromatic rings. The number of nitrogens with one attached hydrogen (secondary N) is 1. The highest BCUT2D eigenvalue weighted by Gasteiger charge is 2.32. The number of rotatable bonds is 6. The second kappa shape index (κ2) is 5.85. The number of nitrogen functional groups attached to an aromatic ring is 1. The lowest BCUT2D eigenvalue weighted by molar-refractivity contribution is 0.0993. The van der Waals surface area contributed by atoms with Crippen molar-refractivity contribution in [3.05, 3.63) is 40.5 Å². The van der Waals surface area contributed by atoms with Crippen LogP contribution in [0, 0.1) is 0 Å². The van der Waals surface area contributed by atoms with E-state index in [9.17, 15) is 4.79 Å². The summed E-state index contributed by atoms with van der Waals surface area (Å²) in [6.07, 6.45) is 6.44. The number of nitrogens with zero attached hydrogens (tertiary/aromatic N) is 1. The minimum absolute atomic E-state index is 0.133. The number of ketones is 1. The van der Waals surface area contributed by atoms with E-state index in [4.69, 9.17) is 5.73 Å². The molecule has 1 aliphatic rings. The highest BCUT2D eigenvalue weighted by Crippen LogP contribution is 2.51. The van der Waals surface area contributed by atoms with E-state index in [0.29, 0.717) is 29.4 Å². The van der Waals surface area contributed by atoms with Gasteiger partial charge in [0.25, 0.3) is 0 Å². The second-order valence-electron chi connectivity index (χ2n) is 5.35. The molecule has 0 aromatic carbocycles. The van der Waals surface area contributed by atoms with Crippen molar-refractivity contribution in [1.82, 2.24) is 4.98 Å². The van der Waals surface area contributed by atoms with Crippen LogP contribution in [-0.2, 0) is 6.54 Å². The van der Waals surface area contributed by atoms with Crippen molar-refractivity contribution >= 4 is 27.8 Å². The summed E-state index contributed by atoms with van der Waals surface area (Å²) in [4.78, 5) is 16.8. The molecule has 4 nitrogen and oxygen atoms in total. The van der Waals surface area contributed by atoms with E-state index < -0.39 is 0 Å². The standard InChI is InChI=1S/C16H19N3OS/c1-2-12(20)15-14(17)13(11-5-6-11)16(21-15)19-9-10-4-3-7-18-8-10/h3-4,7-8,11,19H,2,5-6,9,17H2,1H3. The van der Waals surface area contributed by atoms with E-state index in [1.54, 1.807) is 6.20 Å². The van der Waals surface area contributed by atoms with Crippen LogP contribution in [0.3, 0.4) is 0 Å². The Kier molecular flexibility index (Phi) is 3.92. The maximum atomic E-state index is 12.0. The number of carbonyl (C=O) groups excluding carboxylic acids is 1. The molecule has 0 radical (unpaired) electrons. The smallest absolute Gasteiger partial charge is 0.174 e. The van der Waals surface area contributed by atoms with Crippen LogP contribution in [0.15, 0.2) is 24.5 Å². The van der Waals surface area contributed by atoms with E-state index in [1.165, 1.54) is 24.2 Å². The van der Waals surface area contributed by atoms with Crippen LogP contribution in [0.25, 0.3) is 0 Å². The number of carbonyl (C=O) groups is 1. The summed E-state index contributed by atoms with van der Waals surface area (Å²) in [7, 11) is 0. The number of nitrogens with two attached hydrogens (primary N) is 1. The van der Waals surface area contributed by atoms with Gasteiger partial charge in [-0.25, -0.2) is 0 Å². The van der Waals surface area contributed by atoms with Crippen molar-refractivity contribution in [3.8, 4) is 0 Å². The Bertz CT molecular complexity index is 647. The average molecular weight is 301 g/mol. The lowest BCUT2D eigenvalue weighted by atomic mass is 10.1. The van der Waals surface area contributed by atoms with Crippen LogP contribution in [0.1, 0.15) is 52.9 Å². The zero-order chi connectivity index (χ0) is 14.8. The molecule has 3 N–H and O–H groups in total. The normalized spacial score (nSPS) is 14.1. The van der Waals surface area contributed by atoms with Gasteiger partial charge < -0.3 is 11.1 Å². The summed E-state index contributed by atoms with van der Waals surface area (Å²) in [5.74, 6) is 0.657. The summed E-state index contributed by atoms with van der Waals surface area (Å²) in [5.41, 5.74) is 9.20. The molecule has 1 aliphatic carbocycles. The fourth-order valence-electron chi connectivity index (χ4n) is 2.42. The lowest BCUT2D eigenvalue weighted by Crippen LogP contribution is -2.01. The number of thiophene rings is 1. The molecule has 0 bridgehead atoms. The number of hydrogen-bond acceptors (Lipinski definition) is 5. The first-order valence-corrected chi connectivity index (χ1v) is 8.10. The van der Waals surface area contributed by atoms with Gasteiger partial charge in [-0.15, -0.1) is 11.3 Å². The largest absolute Gasteiger partial charge is 0.397 e. The van der Waals surface area contributed by atoms with Gasteiger partial charge in [-0.3, -0.25) is 9.78 Å². The van der Waals surface area contributed by atoms with Crippen LogP contribution >= 0.6 is 11.3 Å². The van der Waals surface area contributed by atoms with Crippen LogP contribution in [-0.4, -0.2) is 10.8 Å². The molecule has 0 unspecified atom stereocenters. The topological polar surface area (TPSA) is 68.0 Å². The monoisotopic (exact) mass is 301 g/mol. The van der Waals surface area contributed by atoms with Gasteiger partial charge in [-0.1, -0.05) is 13.0 Å². The summed E-state index contributed by atoms with van der Waals surface area (Å²) in [5, 5.41) is 4.49. The molecule has 2 aromatic heterocycles. The maximum Gasteiger partial charge on any atom is 0.174 e. The molecule has 2 heterocycles. The molecule has 1 fully saturated rings. The first-order valence-electron chi connectivity index (χ1n) is 7.28. The molecule has 5 heteroatoms. The van der Waals surface area contributed by atoms with Gasteiger partial charge in [0.1, 0.15) is 0 Å². The molecular weight excluding hydrogens is 282 g/mol. The van der Waals surface area contributed by atoms with E-state index in [1.807, 2.05) is 25.3 Å². The van der Waals surface area contributed by atoms with Crippen molar-refractivity contribution in [2.75, 3.05) is 11.1 Å². The Balaban J connectivity index is 1.85. The Morgan fingerprint density at radius 1 is 1.52 bits per heavy atom. The fraction of sp³-hybridized carbons (Fsp3) is 0.375. The number of anilines is 2. The number of hydrogen-bond donors (Lipinski definition) is 2. The van der Waals surface area contributed by atoms with Crippen molar-refractivity contribution in [2.45, 2.75) is 38.6 Å². The first-order chi connectivity index (χ1) is 10.2. The van der Waals surface area contributed by atoms with Gasteiger partial charge in [0.15, 0.2) is 5.78 Å². The minimum Gasteiger partial charge on any atom is -0.397 e. The molecule has 0 amide bonds. The predicted molar refractivity (Wildman–Crippen MR) is 86.9 cm³/mol. The Labute approximate surface area is 128 Å². The second-order valence-corrected chi connectivity index (χ2v) is 6.37. The number of pyridine rings is 1. The third-order valence-electron chi connectivity index (χ3n) is 3.72. The summed E-state index contributed by atoms with van der Waals surface area (Å²) in [6, 6.07) is 3.96. The van der Waals surface area contributed by atoms with Crippen molar-refractivity contribution < 1.29 is 4.79 Å². The molecular formula is C16H19N3OS. The van der Waals surface area contributed by atoms with Crippen LogP contribution in [0.4, 0.5) is 10.7 Å². The van der Waals surface area contributed by atoms with Crippen molar-refractivity contribution in [3.63, 3.8) is 0 Å². The van der Waals surface area contributed by atoms with Gasteiger partial charge in [-0.2, -0.15) is 0 Å². The molecule has 0 spiro atoms. The van der Waals surface area contributed by atoms with Crippen LogP contribution in [0.2, 0.25) is 0 Å². The maximum absolute atomic E-state index is 12.0. The van der Waals surface area contributed by atoms with E-state index >= 15 is 0 Å². The van der Waals surface area contributed by atoms with Crippen LogP contribution < -0.4 is 11.1 Å². The molecule has 0 aliphatic heterocycles. The third-order valence-corrected chi connectivity index (χ3v) is 4.94. The summed E-state index contributed by atoms with van der Waals surface area (Å²) >= 11 is 1.50. The lowest BCUT2D eigenvalue weighted by Gasteiger charge is -2.07. The van der Waals surface area contributed by atoms with Crippen molar-refractivity contribution in [2.24, 2.45) is 0 Å². The third kappa shape index (κ3) is 2.93. The van der Waals surface area contributed by atoms with Gasteiger partial charge in [0.05, 0.1) is 15.6 Å². The molecule has 1 saturated carbocycles. The minimum atomic E-state index is 0.133. The number of Topliss-reactive ketones (excluding diaryl/α,β-unsaturated/α-hetero) is 1.